The molecule has 0 aromatic carbocycles. The van der Waals surface area contributed by atoms with Gasteiger partial charge in [0.1, 0.15) is 6.61 Å². The van der Waals surface area contributed by atoms with Crippen molar-refractivity contribution in [3.63, 3.8) is 0 Å². The predicted octanol–water partition coefficient (Wildman–Crippen LogP) is 1.65. The summed E-state index contributed by atoms with van der Waals surface area (Å²) in [6.07, 6.45) is 0.990. The van der Waals surface area contributed by atoms with E-state index in [1.54, 1.807) is 0 Å². The second-order valence-corrected chi connectivity index (χ2v) is 3.60. The highest BCUT2D eigenvalue weighted by Crippen LogP contribution is 2.19. The first-order chi connectivity index (χ1) is 7.19. The van der Waals surface area contributed by atoms with E-state index in [2.05, 4.69) is 24.0 Å². The topological polar surface area (TPSA) is 74.2 Å². The number of rotatable bonds is 6. The quantitative estimate of drug-likeness (QED) is 0.777. The lowest BCUT2D eigenvalue weighted by Gasteiger charge is -2.12. The SMILES string of the molecule is CCOCc1noc([C@@H](N)[C@@H](C)CC)n1. The number of hydrogen-bond donors (Lipinski definition) is 1. The highest BCUT2D eigenvalue weighted by Gasteiger charge is 2.19. The van der Waals surface area contributed by atoms with Gasteiger partial charge in [0.15, 0.2) is 5.82 Å². The molecule has 2 N–H and O–H groups in total. The molecule has 0 radical (unpaired) electrons. The Morgan fingerprint density at radius 3 is 2.80 bits per heavy atom. The zero-order valence-electron chi connectivity index (χ0n) is 9.56. The Kier molecular flexibility index (Phi) is 4.71. The number of hydrogen-bond acceptors (Lipinski definition) is 5. The van der Waals surface area contributed by atoms with Crippen molar-refractivity contribution in [2.45, 2.75) is 39.8 Å². The van der Waals surface area contributed by atoms with E-state index in [0.717, 1.165) is 6.42 Å². The Labute approximate surface area is 90.0 Å². The summed E-state index contributed by atoms with van der Waals surface area (Å²) < 4.78 is 10.3. The lowest BCUT2D eigenvalue weighted by molar-refractivity contribution is 0.126. The molecule has 15 heavy (non-hydrogen) atoms. The highest BCUT2D eigenvalue weighted by atomic mass is 16.5. The van der Waals surface area contributed by atoms with Crippen LogP contribution in [-0.2, 0) is 11.3 Å². The Balaban J connectivity index is 2.58. The molecule has 1 rings (SSSR count). The van der Waals surface area contributed by atoms with E-state index in [1.807, 2.05) is 6.92 Å². The molecule has 1 heterocycles. The minimum absolute atomic E-state index is 0.183. The summed E-state index contributed by atoms with van der Waals surface area (Å²) in [5.41, 5.74) is 5.95. The van der Waals surface area contributed by atoms with Gasteiger partial charge in [0, 0.05) is 6.61 Å². The summed E-state index contributed by atoms with van der Waals surface area (Å²) in [6.45, 7) is 7.10. The molecular formula is C10H19N3O2. The van der Waals surface area contributed by atoms with Gasteiger partial charge >= 0.3 is 0 Å². The number of aromatic nitrogens is 2. The van der Waals surface area contributed by atoms with Crippen molar-refractivity contribution in [2.75, 3.05) is 6.61 Å². The molecule has 0 unspecified atom stereocenters. The normalized spacial score (nSPS) is 15.2. The van der Waals surface area contributed by atoms with Crippen molar-refractivity contribution in [1.82, 2.24) is 10.1 Å². The molecule has 0 aliphatic rings. The molecule has 5 nitrogen and oxygen atoms in total. The Morgan fingerprint density at radius 2 is 2.20 bits per heavy atom. The molecule has 0 spiro atoms. The predicted molar refractivity (Wildman–Crippen MR) is 56.0 cm³/mol. The van der Waals surface area contributed by atoms with Crippen LogP contribution in [0.25, 0.3) is 0 Å². The van der Waals surface area contributed by atoms with Crippen LogP contribution in [0, 0.1) is 5.92 Å². The van der Waals surface area contributed by atoms with E-state index in [9.17, 15) is 0 Å². The highest BCUT2D eigenvalue weighted by molar-refractivity contribution is 4.92. The van der Waals surface area contributed by atoms with Gasteiger partial charge in [0.2, 0.25) is 5.89 Å². The molecule has 0 aliphatic carbocycles. The maximum Gasteiger partial charge on any atom is 0.243 e. The largest absolute Gasteiger partial charge is 0.374 e. The van der Waals surface area contributed by atoms with Crippen LogP contribution in [0.1, 0.15) is 44.9 Å². The zero-order chi connectivity index (χ0) is 11.3. The van der Waals surface area contributed by atoms with Gasteiger partial charge in [-0.25, -0.2) is 0 Å². The molecule has 0 amide bonds. The average molecular weight is 213 g/mol. The molecular weight excluding hydrogens is 194 g/mol. The van der Waals surface area contributed by atoms with E-state index in [0.29, 0.717) is 30.8 Å². The Bertz CT molecular complexity index is 288. The summed E-state index contributed by atoms with van der Waals surface area (Å²) in [7, 11) is 0. The minimum atomic E-state index is -0.183. The Hall–Kier alpha value is -0.940. The van der Waals surface area contributed by atoms with Crippen molar-refractivity contribution in [2.24, 2.45) is 11.7 Å². The second kappa shape index (κ2) is 5.82. The zero-order valence-corrected chi connectivity index (χ0v) is 9.56. The van der Waals surface area contributed by atoms with Gasteiger partial charge in [-0.15, -0.1) is 0 Å². The fourth-order valence-electron chi connectivity index (χ4n) is 1.15. The third-order valence-electron chi connectivity index (χ3n) is 2.46. The molecule has 1 aromatic rings. The van der Waals surface area contributed by atoms with Gasteiger partial charge in [-0.3, -0.25) is 0 Å². The van der Waals surface area contributed by atoms with Crippen molar-refractivity contribution < 1.29 is 9.26 Å². The third-order valence-corrected chi connectivity index (χ3v) is 2.46. The van der Waals surface area contributed by atoms with Crippen molar-refractivity contribution in [1.29, 1.82) is 0 Å². The molecule has 0 saturated carbocycles. The lowest BCUT2D eigenvalue weighted by Crippen LogP contribution is -2.18. The number of ether oxygens (including phenoxy) is 1. The van der Waals surface area contributed by atoms with Gasteiger partial charge in [-0.2, -0.15) is 4.98 Å². The minimum Gasteiger partial charge on any atom is -0.374 e. The first-order valence-electron chi connectivity index (χ1n) is 5.34. The molecule has 0 saturated heterocycles. The van der Waals surface area contributed by atoms with Crippen LogP contribution in [-0.4, -0.2) is 16.7 Å². The van der Waals surface area contributed by atoms with Crippen molar-refractivity contribution >= 4 is 0 Å². The number of nitrogens with two attached hydrogens (primary N) is 1. The first kappa shape index (κ1) is 12.1. The maximum atomic E-state index is 5.95. The second-order valence-electron chi connectivity index (χ2n) is 3.60. The lowest BCUT2D eigenvalue weighted by atomic mass is 10.0. The monoisotopic (exact) mass is 213 g/mol. The summed E-state index contributed by atoms with van der Waals surface area (Å²) in [5, 5.41) is 3.80. The van der Waals surface area contributed by atoms with E-state index < -0.39 is 0 Å². The van der Waals surface area contributed by atoms with Crippen LogP contribution in [0.4, 0.5) is 0 Å². The standard InChI is InChI=1S/C10H19N3O2/c1-4-7(3)9(11)10-12-8(13-15-10)6-14-5-2/h7,9H,4-6,11H2,1-3H3/t7-,9-/m0/s1. The molecule has 1 aromatic heterocycles. The molecule has 0 fully saturated rings. The smallest absolute Gasteiger partial charge is 0.243 e. The van der Waals surface area contributed by atoms with Crippen molar-refractivity contribution in [3.05, 3.63) is 11.7 Å². The van der Waals surface area contributed by atoms with Gasteiger partial charge < -0.3 is 15.0 Å². The van der Waals surface area contributed by atoms with Crippen LogP contribution in [0.3, 0.4) is 0 Å². The number of nitrogens with zero attached hydrogens (tertiary/aromatic N) is 2. The van der Waals surface area contributed by atoms with E-state index in [-0.39, 0.29) is 6.04 Å². The summed E-state index contributed by atoms with van der Waals surface area (Å²) in [4.78, 5) is 4.19. The van der Waals surface area contributed by atoms with Crippen LogP contribution < -0.4 is 5.73 Å². The maximum absolute atomic E-state index is 5.95. The third kappa shape index (κ3) is 3.28. The average Bonchev–Trinajstić information content (AvgIpc) is 2.72. The van der Waals surface area contributed by atoms with Crippen LogP contribution in [0.2, 0.25) is 0 Å². The van der Waals surface area contributed by atoms with E-state index in [4.69, 9.17) is 15.0 Å². The Morgan fingerprint density at radius 1 is 1.47 bits per heavy atom. The van der Waals surface area contributed by atoms with Gasteiger partial charge in [0.05, 0.1) is 6.04 Å². The first-order valence-corrected chi connectivity index (χ1v) is 5.34. The molecule has 86 valence electrons. The molecule has 0 bridgehead atoms. The summed E-state index contributed by atoms with van der Waals surface area (Å²) in [5.74, 6) is 1.40. The molecule has 0 aliphatic heterocycles. The van der Waals surface area contributed by atoms with Crippen LogP contribution in [0.15, 0.2) is 4.52 Å². The summed E-state index contributed by atoms with van der Waals surface area (Å²) in [6, 6.07) is -0.183. The van der Waals surface area contributed by atoms with E-state index in [1.165, 1.54) is 0 Å². The van der Waals surface area contributed by atoms with Gasteiger partial charge in [-0.1, -0.05) is 25.4 Å². The molecule has 5 heteroatoms. The van der Waals surface area contributed by atoms with Crippen molar-refractivity contribution in [3.8, 4) is 0 Å². The van der Waals surface area contributed by atoms with Gasteiger partial charge in [0.25, 0.3) is 0 Å². The molecule has 2 atom stereocenters. The fourth-order valence-corrected chi connectivity index (χ4v) is 1.15. The van der Waals surface area contributed by atoms with E-state index >= 15 is 0 Å². The summed E-state index contributed by atoms with van der Waals surface area (Å²) >= 11 is 0. The van der Waals surface area contributed by atoms with Gasteiger partial charge in [-0.05, 0) is 12.8 Å². The van der Waals surface area contributed by atoms with Crippen LogP contribution in [0.5, 0.6) is 0 Å². The van der Waals surface area contributed by atoms with Crippen LogP contribution >= 0.6 is 0 Å². The fraction of sp³-hybridized carbons (Fsp3) is 0.800.